The first-order valence-electron chi connectivity index (χ1n) is 8.65. The standard InChI is InChI=1S/C20H24N2O3/c1-5-25-19(24)16-12(2)22-14-10-20(3,4)11-15(23)18(14)17(16)13-6-8-21-9-7-13/h6-9,17,22H,5,10-11H2,1-4H3/t17-/m1/s1. The van der Waals surface area contributed by atoms with Crippen LogP contribution in [0.25, 0.3) is 0 Å². The Morgan fingerprint density at radius 1 is 1.32 bits per heavy atom. The van der Waals surface area contributed by atoms with Gasteiger partial charge in [-0.3, -0.25) is 9.78 Å². The number of aromatic nitrogens is 1. The van der Waals surface area contributed by atoms with Crippen molar-refractivity contribution < 1.29 is 14.3 Å². The zero-order valence-electron chi connectivity index (χ0n) is 15.2. The predicted octanol–water partition coefficient (Wildman–Crippen LogP) is 3.25. The maximum absolute atomic E-state index is 13.0. The first kappa shape index (κ1) is 17.4. The van der Waals surface area contributed by atoms with Crippen molar-refractivity contribution in [2.45, 2.75) is 46.5 Å². The number of pyridine rings is 1. The fourth-order valence-electron chi connectivity index (χ4n) is 3.80. The number of carbonyl (C=O) groups excluding carboxylic acids is 2. The summed E-state index contributed by atoms with van der Waals surface area (Å²) in [5.41, 5.74) is 3.68. The van der Waals surface area contributed by atoms with E-state index in [-0.39, 0.29) is 17.2 Å². The van der Waals surface area contributed by atoms with Gasteiger partial charge in [0.25, 0.3) is 0 Å². The zero-order valence-corrected chi connectivity index (χ0v) is 15.2. The van der Waals surface area contributed by atoms with E-state index in [1.807, 2.05) is 19.1 Å². The van der Waals surface area contributed by atoms with Gasteiger partial charge in [0, 0.05) is 41.7 Å². The van der Waals surface area contributed by atoms with E-state index in [0.29, 0.717) is 24.2 Å². The Morgan fingerprint density at radius 3 is 2.64 bits per heavy atom. The number of esters is 1. The molecule has 0 radical (unpaired) electrons. The maximum Gasteiger partial charge on any atom is 0.336 e. The van der Waals surface area contributed by atoms with Crippen molar-refractivity contribution in [3.05, 3.63) is 52.6 Å². The second-order valence-electron chi connectivity index (χ2n) is 7.43. The van der Waals surface area contributed by atoms with Gasteiger partial charge in [-0.2, -0.15) is 0 Å². The fraction of sp³-hybridized carbons (Fsp3) is 0.450. The smallest absolute Gasteiger partial charge is 0.336 e. The van der Waals surface area contributed by atoms with Crippen molar-refractivity contribution in [3.8, 4) is 0 Å². The van der Waals surface area contributed by atoms with Gasteiger partial charge in [0.05, 0.1) is 12.2 Å². The molecule has 3 rings (SSSR count). The Hall–Kier alpha value is -2.43. The molecule has 132 valence electrons. The molecule has 1 aromatic heterocycles. The fourth-order valence-corrected chi connectivity index (χ4v) is 3.80. The van der Waals surface area contributed by atoms with Crippen LogP contribution in [0.15, 0.2) is 47.1 Å². The molecule has 5 heteroatoms. The van der Waals surface area contributed by atoms with Crippen molar-refractivity contribution in [2.24, 2.45) is 5.41 Å². The van der Waals surface area contributed by atoms with Gasteiger partial charge in [0.1, 0.15) is 0 Å². The largest absolute Gasteiger partial charge is 0.463 e. The lowest BCUT2D eigenvalue weighted by atomic mass is 9.69. The molecule has 1 aromatic rings. The third-order valence-corrected chi connectivity index (χ3v) is 4.77. The Bertz CT molecular complexity index is 775. The van der Waals surface area contributed by atoms with E-state index in [2.05, 4.69) is 24.1 Å². The van der Waals surface area contributed by atoms with Crippen LogP contribution in [0.1, 0.15) is 52.0 Å². The number of nitrogens with zero attached hydrogens (tertiary/aromatic N) is 1. The van der Waals surface area contributed by atoms with Crippen molar-refractivity contribution in [2.75, 3.05) is 6.61 Å². The van der Waals surface area contributed by atoms with Crippen LogP contribution in [0.4, 0.5) is 0 Å². The molecule has 0 fully saturated rings. The number of hydrogen-bond donors (Lipinski definition) is 1. The lowest BCUT2D eigenvalue weighted by Crippen LogP contribution is -2.38. The summed E-state index contributed by atoms with van der Waals surface area (Å²) in [5, 5.41) is 3.32. The number of dihydropyridines is 1. The summed E-state index contributed by atoms with van der Waals surface area (Å²) < 4.78 is 5.27. The molecule has 0 saturated carbocycles. The molecule has 1 aliphatic heterocycles. The van der Waals surface area contributed by atoms with E-state index < -0.39 is 5.92 Å². The van der Waals surface area contributed by atoms with Crippen LogP contribution in [-0.4, -0.2) is 23.3 Å². The number of rotatable bonds is 3. The number of nitrogens with one attached hydrogen (secondary N) is 1. The summed E-state index contributed by atoms with van der Waals surface area (Å²) in [6.45, 7) is 8.14. The molecule has 1 aliphatic carbocycles. The second-order valence-corrected chi connectivity index (χ2v) is 7.43. The molecule has 0 spiro atoms. The zero-order chi connectivity index (χ0) is 18.2. The Balaban J connectivity index is 2.16. The minimum absolute atomic E-state index is 0.0899. The third kappa shape index (κ3) is 3.23. The highest BCUT2D eigenvalue weighted by atomic mass is 16.5. The highest BCUT2D eigenvalue weighted by Crippen LogP contribution is 2.46. The van der Waals surface area contributed by atoms with Crippen LogP contribution >= 0.6 is 0 Å². The Labute approximate surface area is 148 Å². The average Bonchev–Trinajstić information content (AvgIpc) is 2.53. The molecule has 2 heterocycles. The minimum atomic E-state index is -0.401. The number of Topliss-reactive ketones (excluding diaryl/α,β-unsaturated/α-hetero) is 1. The van der Waals surface area contributed by atoms with Gasteiger partial charge in [0.2, 0.25) is 0 Å². The van der Waals surface area contributed by atoms with Gasteiger partial charge in [-0.15, -0.1) is 0 Å². The number of ether oxygens (including phenoxy) is 1. The van der Waals surface area contributed by atoms with Crippen molar-refractivity contribution in [1.29, 1.82) is 0 Å². The van der Waals surface area contributed by atoms with Gasteiger partial charge >= 0.3 is 5.97 Å². The van der Waals surface area contributed by atoms with Crippen LogP contribution in [-0.2, 0) is 14.3 Å². The van der Waals surface area contributed by atoms with E-state index in [0.717, 1.165) is 23.4 Å². The van der Waals surface area contributed by atoms with E-state index in [1.54, 1.807) is 19.3 Å². The molecule has 0 amide bonds. The van der Waals surface area contributed by atoms with Crippen molar-refractivity contribution in [3.63, 3.8) is 0 Å². The molecule has 25 heavy (non-hydrogen) atoms. The minimum Gasteiger partial charge on any atom is -0.463 e. The topological polar surface area (TPSA) is 68.3 Å². The normalized spacial score (nSPS) is 22.4. The number of carbonyl (C=O) groups is 2. The van der Waals surface area contributed by atoms with Crippen LogP contribution in [0.2, 0.25) is 0 Å². The molecule has 0 saturated heterocycles. The maximum atomic E-state index is 13.0. The second kappa shape index (κ2) is 6.47. The van der Waals surface area contributed by atoms with Gasteiger partial charge in [-0.1, -0.05) is 13.8 Å². The van der Waals surface area contributed by atoms with Gasteiger partial charge in [0.15, 0.2) is 5.78 Å². The summed E-state index contributed by atoms with van der Waals surface area (Å²) in [4.78, 5) is 29.7. The van der Waals surface area contributed by atoms with Crippen LogP contribution in [0.5, 0.6) is 0 Å². The highest BCUT2D eigenvalue weighted by molar-refractivity contribution is 6.04. The first-order valence-corrected chi connectivity index (χ1v) is 8.65. The Morgan fingerprint density at radius 2 is 2.00 bits per heavy atom. The number of hydrogen-bond acceptors (Lipinski definition) is 5. The molecule has 0 bridgehead atoms. The number of ketones is 1. The quantitative estimate of drug-likeness (QED) is 0.856. The molecular formula is C20H24N2O3. The summed E-state index contributed by atoms with van der Waals surface area (Å²) in [7, 11) is 0. The SMILES string of the molecule is CCOC(=O)C1=C(C)NC2=C(C(=O)CC(C)(C)C2)[C@@H]1c1ccncc1. The summed E-state index contributed by atoms with van der Waals surface area (Å²) >= 11 is 0. The molecule has 0 aromatic carbocycles. The van der Waals surface area contributed by atoms with Gasteiger partial charge in [-0.25, -0.2) is 4.79 Å². The first-order chi connectivity index (χ1) is 11.8. The van der Waals surface area contributed by atoms with Gasteiger partial charge < -0.3 is 10.1 Å². The molecule has 2 aliphatic rings. The highest BCUT2D eigenvalue weighted by Gasteiger charge is 2.42. The van der Waals surface area contributed by atoms with E-state index in [9.17, 15) is 9.59 Å². The van der Waals surface area contributed by atoms with Gasteiger partial charge in [-0.05, 0) is 43.4 Å². The van der Waals surface area contributed by atoms with Crippen LogP contribution in [0.3, 0.4) is 0 Å². The Kier molecular flexibility index (Phi) is 4.50. The van der Waals surface area contributed by atoms with E-state index in [1.165, 1.54) is 0 Å². The summed E-state index contributed by atoms with van der Waals surface area (Å²) in [5.74, 6) is -0.685. The lowest BCUT2D eigenvalue weighted by Gasteiger charge is -2.39. The molecule has 0 unspecified atom stereocenters. The number of allylic oxidation sites excluding steroid dienone is 3. The molecule has 5 nitrogen and oxygen atoms in total. The predicted molar refractivity (Wildman–Crippen MR) is 94.5 cm³/mol. The monoisotopic (exact) mass is 340 g/mol. The molecular weight excluding hydrogens is 316 g/mol. The van der Waals surface area contributed by atoms with E-state index >= 15 is 0 Å². The van der Waals surface area contributed by atoms with Crippen molar-refractivity contribution >= 4 is 11.8 Å². The van der Waals surface area contributed by atoms with Crippen molar-refractivity contribution in [1.82, 2.24) is 10.3 Å². The molecule has 1 atom stereocenters. The lowest BCUT2D eigenvalue weighted by molar-refractivity contribution is -0.138. The van der Waals surface area contributed by atoms with Crippen LogP contribution in [0, 0.1) is 5.41 Å². The molecule has 1 N–H and O–H groups in total. The van der Waals surface area contributed by atoms with E-state index in [4.69, 9.17) is 4.74 Å². The third-order valence-electron chi connectivity index (χ3n) is 4.77. The average molecular weight is 340 g/mol. The summed E-state index contributed by atoms with van der Waals surface area (Å²) in [6, 6.07) is 3.72. The summed E-state index contributed by atoms with van der Waals surface area (Å²) in [6.07, 6.45) is 4.63. The van der Waals surface area contributed by atoms with Crippen LogP contribution < -0.4 is 5.32 Å².